The zero-order chi connectivity index (χ0) is 14.1. The molecule has 1 aromatic rings. The van der Waals surface area contributed by atoms with Gasteiger partial charge in [0.15, 0.2) is 9.84 Å². The molecule has 0 fully saturated rings. The van der Waals surface area contributed by atoms with Crippen molar-refractivity contribution in [3.05, 3.63) is 23.3 Å². The summed E-state index contributed by atoms with van der Waals surface area (Å²) in [6.07, 6.45) is 1.06. The number of methoxy groups -OCH3 is 1. The van der Waals surface area contributed by atoms with Crippen molar-refractivity contribution in [3.63, 3.8) is 0 Å². The molecule has 0 saturated heterocycles. The third-order valence-corrected chi connectivity index (χ3v) is 3.74. The van der Waals surface area contributed by atoms with Crippen LogP contribution in [0.15, 0.2) is 17.0 Å². The molecule has 6 heteroatoms. The monoisotopic (exact) mass is 272 g/mol. The van der Waals surface area contributed by atoms with E-state index in [1.54, 1.807) is 0 Å². The van der Waals surface area contributed by atoms with Crippen molar-refractivity contribution in [3.8, 4) is 5.75 Å². The van der Waals surface area contributed by atoms with E-state index >= 15 is 0 Å². The van der Waals surface area contributed by atoms with Crippen LogP contribution >= 0.6 is 0 Å². The molecular weight excluding hydrogens is 256 g/mol. The van der Waals surface area contributed by atoms with Crippen LogP contribution in [-0.2, 0) is 9.84 Å². The Balaban J connectivity index is 3.69. The van der Waals surface area contributed by atoms with Crippen molar-refractivity contribution in [2.75, 3.05) is 13.4 Å². The highest BCUT2D eigenvalue weighted by Gasteiger charge is 2.22. The second kappa shape index (κ2) is 4.97. The van der Waals surface area contributed by atoms with E-state index in [0.717, 1.165) is 12.3 Å². The second-order valence-corrected chi connectivity index (χ2v) is 6.31. The maximum Gasteiger partial charge on any atom is 0.339 e. The van der Waals surface area contributed by atoms with E-state index in [1.807, 2.05) is 13.8 Å². The van der Waals surface area contributed by atoms with Crippen LogP contribution in [0.25, 0.3) is 0 Å². The smallest absolute Gasteiger partial charge is 0.339 e. The predicted molar refractivity (Wildman–Crippen MR) is 67.2 cm³/mol. The van der Waals surface area contributed by atoms with Crippen molar-refractivity contribution < 1.29 is 23.1 Å². The molecule has 0 saturated carbocycles. The van der Waals surface area contributed by atoms with Gasteiger partial charge in [-0.15, -0.1) is 0 Å². The molecule has 0 radical (unpaired) electrons. The molecule has 1 rings (SSSR count). The fourth-order valence-corrected chi connectivity index (χ4v) is 2.74. The van der Waals surface area contributed by atoms with E-state index in [-0.39, 0.29) is 22.1 Å². The van der Waals surface area contributed by atoms with Gasteiger partial charge in [-0.2, -0.15) is 0 Å². The number of aromatic carboxylic acids is 1. The molecule has 100 valence electrons. The number of carboxylic acids is 1. The van der Waals surface area contributed by atoms with E-state index in [4.69, 9.17) is 9.84 Å². The van der Waals surface area contributed by atoms with Gasteiger partial charge in [-0.1, -0.05) is 13.8 Å². The van der Waals surface area contributed by atoms with Crippen molar-refractivity contribution >= 4 is 15.8 Å². The van der Waals surface area contributed by atoms with Crippen LogP contribution in [0.4, 0.5) is 0 Å². The van der Waals surface area contributed by atoms with E-state index in [2.05, 4.69) is 0 Å². The molecule has 0 aliphatic heterocycles. The topological polar surface area (TPSA) is 80.7 Å². The summed E-state index contributed by atoms with van der Waals surface area (Å²) in [7, 11) is -2.13. The highest BCUT2D eigenvalue weighted by atomic mass is 32.2. The number of carboxylic acid groups (broad SMARTS) is 1. The molecule has 1 N–H and O–H groups in total. The standard InChI is InChI=1S/C12H16O5S/c1-7(2)8-5-10(17-3)9(12(13)14)6-11(8)18(4,15)16/h5-7H,1-4H3,(H,13,14). The second-order valence-electron chi connectivity index (χ2n) is 4.32. The predicted octanol–water partition coefficient (Wildman–Crippen LogP) is 1.92. The number of sulfone groups is 1. The number of carbonyl (C=O) groups is 1. The highest BCUT2D eigenvalue weighted by Crippen LogP contribution is 2.31. The molecule has 5 nitrogen and oxygen atoms in total. The van der Waals surface area contributed by atoms with Crippen LogP contribution in [0.3, 0.4) is 0 Å². The lowest BCUT2D eigenvalue weighted by Gasteiger charge is -2.15. The van der Waals surface area contributed by atoms with Crippen LogP contribution in [0.5, 0.6) is 5.75 Å². The zero-order valence-electron chi connectivity index (χ0n) is 10.7. The third kappa shape index (κ3) is 2.81. The maximum atomic E-state index is 11.7. The fourth-order valence-electron chi connectivity index (χ4n) is 1.68. The first-order valence-corrected chi connectivity index (χ1v) is 7.23. The lowest BCUT2D eigenvalue weighted by atomic mass is 10.0. The van der Waals surface area contributed by atoms with Gasteiger partial charge in [0.1, 0.15) is 11.3 Å². The first-order chi connectivity index (χ1) is 8.18. The summed E-state index contributed by atoms with van der Waals surface area (Å²) < 4.78 is 28.4. The van der Waals surface area contributed by atoms with Crippen molar-refractivity contribution in [2.24, 2.45) is 0 Å². The van der Waals surface area contributed by atoms with Gasteiger partial charge in [0.05, 0.1) is 12.0 Å². The number of ether oxygens (including phenoxy) is 1. The number of hydrogen-bond donors (Lipinski definition) is 1. The Morgan fingerprint density at radius 1 is 1.33 bits per heavy atom. The van der Waals surface area contributed by atoms with Gasteiger partial charge >= 0.3 is 5.97 Å². The lowest BCUT2D eigenvalue weighted by molar-refractivity contribution is 0.0693. The van der Waals surface area contributed by atoms with Gasteiger partial charge in [-0.25, -0.2) is 13.2 Å². The summed E-state index contributed by atoms with van der Waals surface area (Å²) >= 11 is 0. The van der Waals surface area contributed by atoms with Gasteiger partial charge in [-0.3, -0.25) is 0 Å². The van der Waals surface area contributed by atoms with Gasteiger partial charge in [0.25, 0.3) is 0 Å². The molecule has 0 spiro atoms. The van der Waals surface area contributed by atoms with Gasteiger partial charge < -0.3 is 9.84 Å². The molecule has 0 bridgehead atoms. The van der Waals surface area contributed by atoms with Gasteiger partial charge in [0, 0.05) is 6.26 Å². The molecule has 0 atom stereocenters. The molecule has 0 aromatic heterocycles. The number of benzene rings is 1. The Morgan fingerprint density at radius 3 is 2.22 bits per heavy atom. The quantitative estimate of drug-likeness (QED) is 0.905. The SMILES string of the molecule is COc1cc(C(C)C)c(S(C)(=O)=O)cc1C(=O)O. The summed E-state index contributed by atoms with van der Waals surface area (Å²) in [4.78, 5) is 11.1. The summed E-state index contributed by atoms with van der Waals surface area (Å²) in [6.45, 7) is 3.67. The first-order valence-electron chi connectivity index (χ1n) is 5.33. The van der Waals surface area contributed by atoms with Crippen molar-refractivity contribution in [1.82, 2.24) is 0 Å². The Morgan fingerprint density at radius 2 is 1.89 bits per heavy atom. The molecule has 0 aliphatic rings. The molecule has 0 amide bonds. The van der Waals surface area contributed by atoms with Crippen LogP contribution in [0.1, 0.15) is 35.7 Å². The largest absolute Gasteiger partial charge is 0.496 e. The maximum absolute atomic E-state index is 11.7. The van der Waals surface area contributed by atoms with Crippen molar-refractivity contribution in [1.29, 1.82) is 0 Å². The van der Waals surface area contributed by atoms with Gasteiger partial charge in [0.2, 0.25) is 0 Å². The van der Waals surface area contributed by atoms with E-state index < -0.39 is 15.8 Å². The van der Waals surface area contributed by atoms with E-state index in [9.17, 15) is 13.2 Å². The third-order valence-electron chi connectivity index (χ3n) is 2.58. The molecule has 0 unspecified atom stereocenters. The lowest BCUT2D eigenvalue weighted by Crippen LogP contribution is -2.09. The Labute approximate surface area is 106 Å². The fraction of sp³-hybridized carbons (Fsp3) is 0.417. The zero-order valence-corrected chi connectivity index (χ0v) is 11.5. The number of hydrogen-bond acceptors (Lipinski definition) is 4. The summed E-state index contributed by atoms with van der Waals surface area (Å²) in [5.74, 6) is -1.10. The average Bonchev–Trinajstić information content (AvgIpc) is 2.25. The minimum Gasteiger partial charge on any atom is -0.496 e. The first kappa shape index (κ1) is 14.5. The Bertz CT molecular complexity index is 572. The summed E-state index contributed by atoms with van der Waals surface area (Å²) in [6, 6.07) is 2.64. The Kier molecular flexibility index (Phi) is 4.01. The van der Waals surface area contributed by atoms with Crippen molar-refractivity contribution in [2.45, 2.75) is 24.7 Å². The van der Waals surface area contributed by atoms with Crippen LogP contribution in [0.2, 0.25) is 0 Å². The Hall–Kier alpha value is -1.56. The minimum atomic E-state index is -3.48. The average molecular weight is 272 g/mol. The molecule has 1 aromatic carbocycles. The molecule has 0 aliphatic carbocycles. The molecule has 0 heterocycles. The van der Waals surface area contributed by atoms with E-state index in [0.29, 0.717) is 5.56 Å². The minimum absolute atomic E-state index is 0.0377. The highest BCUT2D eigenvalue weighted by molar-refractivity contribution is 7.90. The van der Waals surface area contributed by atoms with E-state index in [1.165, 1.54) is 13.2 Å². The summed E-state index contributed by atoms with van der Waals surface area (Å²) in [5.41, 5.74) is 0.404. The van der Waals surface area contributed by atoms with Crippen LogP contribution in [0, 0.1) is 0 Å². The molecule has 18 heavy (non-hydrogen) atoms. The van der Waals surface area contributed by atoms with Gasteiger partial charge in [-0.05, 0) is 23.6 Å². The molecular formula is C12H16O5S. The summed E-state index contributed by atoms with van der Waals surface area (Å²) in [5, 5.41) is 9.04. The number of rotatable bonds is 4. The van der Waals surface area contributed by atoms with Crippen LogP contribution in [-0.4, -0.2) is 32.9 Å². The van der Waals surface area contributed by atoms with Crippen LogP contribution < -0.4 is 4.74 Å². The normalized spacial score (nSPS) is 11.6.